The van der Waals surface area contributed by atoms with Gasteiger partial charge in [-0.05, 0) is 63.3 Å². The van der Waals surface area contributed by atoms with Gasteiger partial charge in [0.25, 0.3) is 0 Å². The molecule has 1 aromatic carbocycles. The van der Waals surface area contributed by atoms with Crippen molar-refractivity contribution in [1.82, 2.24) is 9.80 Å². The van der Waals surface area contributed by atoms with Crippen molar-refractivity contribution in [2.24, 2.45) is 0 Å². The number of hydrogen-bond acceptors (Lipinski definition) is 4. The lowest BCUT2D eigenvalue weighted by molar-refractivity contribution is 0.0134. The van der Waals surface area contributed by atoms with E-state index in [9.17, 15) is 9.18 Å². The Morgan fingerprint density at radius 2 is 1.92 bits per heavy atom. The van der Waals surface area contributed by atoms with Crippen LogP contribution >= 0.6 is 0 Å². The lowest BCUT2D eigenvalue weighted by Gasteiger charge is -2.41. The van der Waals surface area contributed by atoms with E-state index in [1.165, 1.54) is 6.07 Å². The van der Waals surface area contributed by atoms with Gasteiger partial charge in [0.05, 0.1) is 0 Å². The molecule has 2 N–H and O–H groups in total. The molecule has 0 radical (unpaired) electrons. The molecular formula is C19H28FN3O2. The molecule has 0 spiro atoms. The fourth-order valence-electron chi connectivity index (χ4n) is 3.77. The smallest absolute Gasteiger partial charge is 0.410 e. The molecule has 0 unspecified atom stereocenters. The summed E-state index contributed by atoms with van der Waals surface area (Å²) in [6, 6.07) is 3.43. The van der Waals surface area contributed by atoms with Crippen LogP contribution in [-0.2, 0) is 17.7 Å². The molecule has 0 aliphatic carbocycles. The van der Waals surface area contributed by atoms with Crippen molar-refractivity contribution in [3.05, 3.63) is 29.1 Å². The third-order valence-electron chi connectivity index (χ3n) is 5.00. The van der Waals surface area contributed by atoms with Crippen LogP contribution in [-0.4, -0.2) is 47.2 Å². The second-order valence-corrected chi connectivity index (χ2v) is 8.05. The zero-order chi connectivity index (χ0) is 18.2. The van der Waals surface area contributed by atoms with Crippen molar-refractivity contribution in [1.29, 1.82) is 0 Å². The van der Waals surface area contributed by atoms with Gasteiger partial charge in [-0.3, -0.25) is 4.90 Å². The molecule has 5 nitrogen and oxygen atoms in total. The fourth-order valence-corrected chi connectivity index (χ4v) is 3.77. The Morgan fingerprint density at radius 1 is 1.24 bits per heavy atom. The summed E-state index contributed by atoms with van der Waals surface area (Å²) in [7, 11) is 0. The molecule has 25 heavy (non-hydrogen) atoms. The van der Waals surface area contributed by atoms with E-state index < -0.39 is 5.60 Å². The zero-order valence-corrected chi connectivity index (χ0v) is 15.3. The highest BCUT2D eigenvalue weighted by molar-refractivity contribution is 5.68. The van der Waals surface area contributed by atoms with Crippen molar-refractivity contribution in [2.45, 2.75) is 58.2 Å². The Morgan fingerprint density at radius 3 is 2.56 bits per heavy atom. The first kappa shape index (κ1) is 18.0. The lowest BCUT2D eigenvalue weighted by atomic mass is 9.94. The maximum atomic E-state index is 13.6. The highest BCUT2D eigenvalue weighted by Gasteiger charge is 2.31. The topological polar surface area (TPSA) is 58.8 Å². The summed E-state index contributed by atoms with van der Waals surface area (Å²) in [6.45, 7) is 8.71. The number of hydrogen-bond donors (Lipinski definition) is 1. The summed E-state index contributed by atoms with van der Waals surface area (Å²) in [5.74, 6) is -0.266. The normalized spacial score (nSPS) is 19.6. The number of piperidine rings is 1. The largest absolute Gasteiger partial charge is 0.444 e. The van der Waals surface area contributed by atoms with Crippen molar-refractivity contribution < 1.29 is 13.9 Å². The molecule has 1 amide bonds. The number of benzene rings is 1. The quantitative estimate of drug-likeness (QED) is 0.791. The first-order valence-corrected chi connectivity index (χ1v) is 9.02. The summed E-state index contributed by atoms with van der Waals surface area (Å²) in [5, 5.41) is 0. The van der Waals surface area contributed by atoms with E-state index in [0.29, 0.717) is 24.8 Å². The molecule has 0 atom stereocenters. The van der Waals surface area contributed by atoms with Crippen molar-refractivity contribution >= 4 is 11.8 Å². The number of nitrogen functional groups attached to an aromatic ring is 1. The van der Waals surface area contributed by atoms with E-state index >= 15 is 0 Å². The second kappa shape index (κ2) is 6.83. The molecule has 1 fully saturated rings. The SMILES string of the molecule is CC(C)(C)OC(=O)N1CCC(N2CCc3c(N)cc(F)cc3C2)CC1. The molecule has 1 aromatic rings. The summed E-state index contributed by atoms with van der Waals surface area (Å²) < 4.78 is 19.1. The molecule has 3 rings (SSSR count). The van der Waals surface area contributed by atoms with Crippen molar-refractivity contribution in [3.8, 4) is 0 Å². The van der Waals surface area contributed by atoms with Crippen LogP contribution in [0.4, 0.5) is 14.9 Å². The van der Waals surface area contributed by atoms with E-state index in [1.807, 2.05) is 20.8 Å². The van der Waals surface area contributed by atoms with E-state index in [1.54, 1.807) is 11.0 Å². The first-order valence-electron chi connectivity index (χ1n) is 9.02. The number of carbonyl (C=O) groups excluding carboxylic acids is 1. The Labute approximate surface area is 148 Å². The van der Waals surface area contributed by atoms with Gasteiger partial charge in [0.2, 0.25) is 0 Å². The summed E-state index contributed by atoms with van der Waals surface area (Å²) in [6.07, 6.45) is 2.46. The number of amides is 1. The standard InChI is InChI=1S/C19H28FN3O2/c1-19(2,3)25-18(24)22-7-4-15(5-8-22)23-9-6-16-13(12-23)10-14(20)11-17(16)21/h10-11,15H,4-9,12,21H2,1-3H3. The molecule has 2 aliphatic rings. The monoisotopic (exact) mass is 349 g/mol. The predicted octanol–water partition coefficient (Wildman–Crippen LogP) is 3.17. The Kier molecular flexibility index (Phi) is 4.91. The Hall–Kier alpha value is -1.82. The molecule has 0 aromatic heterocycles. The number of fused-ring (bicyclic) bond motifs is 1. The summed E-state index contributed by atoms with van der Waals surface area (Å²) in [5.41, 5.74) is 8.14. The van der Waals surface area contributed by atoms with Crippen molar-refractivity contribution in [2.75, 3.05) is 25.4 Å². The number of rotatable bonds is 1. The van der Waals surface area contributed by atoms with Crippen LogP contribution in [0.25, 0.3) is 0 Å². The molecule has 2 aliphatic heterocycles. The number of anilines is 1. The van der Waals surface area contributed by atoms with Gasteiger partial charge in [0, 0.05) is 37.9 Å². The van der Waals surface area contributed by atoms with Gasteiger partial charge in [0.15, 0.2) is 0 Å². The number of halogens is 1. The van der Waals surface area contributed by atoms with Gasteiger partial charge in [-0.2, -0.15) is 0 Å². The summed E-state index contributed by atoms with van der Waals surface area (Å²) >= 11 is 0. The minimum atomic E-state index is -0.464. The van der Waals surface area contributed by atoms with Gasteiger partial charge >= 0.3 is 6.09 Å². The van der Waals surface area contributed by atoms with Gasteiger partial charge in [0.1, 0.15) is 11.4 Å². The van der Waals surface area contributed by atoms with Crippen LogP contribution < -0.4 is 5.73 Å². The van der Waals surface area contributed by atoms with E-state index in [-0.39, 0.29) is 11.9 Å². The third-order valence-corrected chi connectivity index (χ3v) is 5.00. The Balaban J connectivity index is 1.58. The zero-order valence-electron chi connectivity index (χ0n) is 15.3. The molecule has 0 saturated carbocycles. The third kappa shape index (κ3) is 4.24. The highest BCUT2D eigenvalue weighted by atomic mass is 19.1. The number of nitrogens with zero attached hydrogens (tertiary/aromatic N) is 2. The van der Waals surface area contributed by atoms with Gasteiger partial charge in [-0.25, -0.2) is 9.18 Å². The van der Waals surface area contributed by atoms with Gasteiger partial charge in [-0.15, -0.1) is 0 Å². The van der Waals surface area contributed by atoms with E-state index in [2.05, 4.69) is 4.90 Å². The minimum absolute atomic E-state index is 0.232. The number of ether oxygens (including phenoxy) is 1. The summed E-state index contributed by atoms with van der Waals surface area (Å²) in [4.78, 5) is 16.4. The fraction of sp³-hybridized carbons (Fsp3) is 0.632. The molecule has 6 heteroatoms. The predicted molar refractivity (Wildman–Crippen MR) is 95.8 cm³/mol. The molecule has 0 bridgehead atoms. The number of carbonyl (C=O) groups is 1. The molecular weight excluding hydrogens is 321 g/mol. The van der Waals surface area contributed by atoms with Crippen LogP contribution in [0, 0.1) is 5.82 Å². The maximum absolute atomic E-state index is 13.6. The number of likely N-dealkylation sites (tertiary alicyclic amines) is 1. The Bertz CT molecular complexity index is 649. The lowest BCUT2D eigenvalue weighted by Crippen LogP contribution is -2.49. The van der Waals surface area contributed by atoms with Crippen LogP contribution in [0.2, 0.25) is 0 Å². The van der Waals surface area contributed by atoms with Crippen molar-refractivity contribution in [3.63, 3.8) is 0 Å². The van der Waals surface area contributed by atoms with Crippen LogP contribution in [0.1, 0.15) is 44.7 Å². The van der Waals surface area contributed by atoms with Crippen LogP contribution in [0.15, 0.2) is 12.1 Å². The molecule has 2 heterocycles. The average Bonchev–Trinajstić information content (AvgIpc) is 2.52. The minimum Gasteiger partial charge on any atom is -0.444 e. The molecule has 1 saturated heterocycles. The second-order valence-electron chi connectivity index (χ2n) is 8.05. The number of nitrogens with two attached hydrogens (primary N) is 1. The van der Waals surface area contributed by atoms with Crippen LogP contribution in [0.3, 0.4) is 0 Å². The van der Waals surface area contributed by atoms with Gasteiger partial charge in [-0.1, -0.05) is 0 Å². The first-order chi connectivity index (χ1) is 11.7. The van der Waals surface area contributed by atoms with E-state index in [0.717, 1.165) is 43.5 Å². The highest BCUT2D eigenvalue weighted by Crippen LogP contribution is 2.29. The average molecular weight is 349 g/mol. The van der Waals surface area contributed by atoms with E-state index in [4.69, 9.17) is 10.5 Å². The van der Waals surface area contributed by atoms with Crippen LogP contribution in [0.5, 0.6) is 0 Å². The maximum Gasteiger partial charge on any atom is 0.410 e. The van der Waals surface area contributed by atoms with Gasteiger partial charge < -0.3 is 15.4 Å². The molecule has 138 valence electrons.